The number of aromatic nitrogens is 1. The fraction of sp³-hybridized carbons (Fsp3) is 0.500. The summed E-state index contributed by atoms with van der Waals surface area (Å²) in [4.78, 5) is 27.1. The maximum atomic E-state index is 11.6. The van der Waals surface area contributed by atoms with Crippen LogP contribution in [0.25, 0.3) is 0 Å². The Morgan fingerprint density at radius 2 is 2.56 bits per heavy atom. The molecule has 2 atom stereocenters. The third-order valence-corrected chi connectivity index (χ3v) is 3.34. The summed E-state index contributed by atoms with van der Waals surface area (Å²) in [6, 6.07) is -0.585. The number of nitrogens with zero attached hydrogens (tertiary/aromatic N) is 1. The molecular formula is C10H12N2O3S. The molecule has 2 heterocycles. The smallest absolute Gasteiger partial charge is 0.329 e. The SMILES string of the molecule is CCOC(=O)C1NC(=O)CC1c1nccs1. The van der Waals surface area contributed by atoms with Gasteiger partial charge in [-0.05, 0) is 6.92 Å². The fourth-order valence-corrected chi connectivity index (χ4v) is 2.53. The Bertz CT molecular complexity index is 391. The highest BCUT2D eigenvalue weighted by molar-refractivity contribution is 7.09. The number of carbonyl (C=O) groups is 2. The average Bonchev–Trinajstić information content (AvgIpc) is 2.85. The molecule has 2 unspecified atom stereocenters. The molecule has 86 valence electrons. The van der Waals surface area contributed by atoms with Crippen LogP contribution in [0.5, 0.6) is 0 Å². The Morgan fingerprint density at radius 1 is 1.75 bits per heavy atom. The van der Waals surface area contributed by atoms with Crippen LogP contribution in [-0.2, 0) is 14.3 Å². The number of amides is 1. The summed E-state index contributed by atoms with van der Waals surface area (Å²) in [5, 5.41) is 5.27. The van der Waals surface area contributed by atoms with Crippen LogP contribution in [-0.4, -0.2) is 29.5 Å². The molecule has 6 heteroatoms. The number of hydrogen-bond acceptors (Lipinski definition) is 5. The minimum absolute atomic E-state index is 0.127. The predicted octanol–water partition coefficient (Wildman–Crippen LogP) is 0.678. The number of nitrogens with one attached hydrogen (secondary N) is 1. The lowest BCUT2D eigenvalue weighted by Gasteiger charge is -2.14. The molecule has 5 nitrogen and oxygen atoms in total. The van der Waals surface area contributed by atoms with Gasteiger partial charge < -0.3 is 10.1 Å². The topological polar surface area (TPSA) is 68.3 Å². The lowest BCUT2D eigenvalue weighted by molar-refractivity contribution is -0.146. The number of thiazole rings is 1. The Labute approximate surface area is 96.8 Å². The van der Waals surface area contributed by atoms with E-state index in [0.29, 0.717) is 13.0 Å². The van der Waals surface area contributed by atoms with Crippen LogP contribution in [0, 0.1) is 0 Å². The molecule has 1 fully saturated rings. The third-order valence-electron chi connectivity index (χ3n) is 2.43. The van der Waals surface area contributed by atoms with E-state index >= 15 is 0 Å². The van der Waals surface area contributed by atoms with Gasteiger partial charge in [0.2, 0.25) is 5.91 Å². The number of rotatable bonds is 3. The Hall–Kier alpha value is -1.43. The number of hydrogen-bond donors (Lipinski definition) is 1. The van der Waals surface area contributed by atoms with Crippen molar-refractivity contribution in [1.29, 1.82) is 0 Å². The summed E-state index contributed by atoms with van der Waals surface area (Å²) in [5.74, 6) is -0.696. The van der Waals surface area contributed by atoms with E-state index in [-0.39, 0.29) is 17.8 Å². The van der Waals surface area contributed by atoms with Crippen molar-refractivity contribution in [1.82, 2.24) is 10.3 Å². The lowest BCUT2D eigenvalue weighted by Crippen LogP contribution is -2.37. The summed E-state index contributed by atoms with van der Waals surface area (Å²) in [6.07, 6.45) is 1.97. The average molecular weight is 240 g/mol. The zero-order valence-corrected chi connectivity index (χ0v) is 9.62. The minimum Gasteiger partial charge on any atom is -0.464 e. The van der Waals surface area contributed by atoms with Crippen molar-refractivity contribution < 1.29 is 14.3 Å². The summed E-state index contributed by atoms with van der Waals surface area (Å²) in [6.45, 7) is 2.06. The molecule has 1 aliphatic rings. The molecule has 1 saturated heterocycles. The third kappa shape index (κ3) is 2.06. The molecule has 1 aliphatic heterocycles. The first-order chi connectivity index (χ1) is 7.72. The first-order valence-electron chi connectivity index (χ1n) is 5.07. The maximum absolute atomic E-state index is 11.6. The second-order valence-electron chi connectivity index (χ2n) is 3.48. The van der Waals surface area contributed by atoms with Crippen molar-refractivity contribution >= 4 is 23.2 Å². The summed E-state index contributed by atoms with van der Waals surface area (Å²) in [5.41, 5.74) is 0. The van der Waals surface area contributed by atoms with Crippen LogP contribution in [0.2, 0.25) is 0 Å². The van der Waals surface area contributed by atoms with Crippen LogP contribution in [0.4, 0.5) is 0 Å². The van der Waals surface area contributed by atoms with Crippen molar-refractivity contribution in [3.8, 4) is 0 Å². The zero-order chi connectivity index (χ0) is 11.5. The van der Waals surface area contributed by atoms with Gasteiger partial charge in [0.25, 0.3) is 0 Å². The van der Waals surface area contributed by atoms with E-state index in [1.54, 1.807) is 13.1 Å². The lowest BCUT2D eigenvalue weighted by atomic mass is 10.0. The van der Waals surface area contributed by atoms with Gasteiger partial charge >= 0.3 is 5.97 Å². The van der Waals surface area contributed by atoms with Crippen molar-refractivity contribution in [2.24, 2.45) is 0 Å². The predicted molar refractivity (Wildman–Crippen MR) is 58.0 cm³/mol. The summed E-state index contributed by atoms with van der Waals surface area (Å²) >= 11 is 1.45. The van der Waals surface area contributed by atoms with Crippen molar-refractivity contribution in [3.05, 3.63) is 16.6 Å². The van der Waals surface area contributed by atoms with Gasteiger partial charge in [-0.1, -0.05) is 0 Å². The first-order valence-corrected chi connectivity index (χ1v) is 5.95. The molecule has 2 rings (SSSR count). The molecule has 0 bridgehead atoms. The molecule has 0 spiro atoms. The molecule has 1 aromatic rings. The summed E-state index contributed by atoms with van der Waals surface area (Å²) < 4.78 is 4.93. The summed E-state index contributed by atoms with van der Waals surface area (Å²) in [7, 11) is 0. The van der Waals surface area contributed by atoms with Gasteiger partial charge in [-0.15, -0.1) is 11.3 Å². The quantitative estimate of drug-likeness (QED) is 0.789. The normalized spacial score (nSPS) is 24.2. The Kier molecular flexibility index (Phi) is 3.19. The van der Waals surface area contributed by atoms with Gasteiger partial charge in [0.15, 0.2) is 0 Å². The molecule has 0 aliphatic carbocycles. The van der Waals surface area contributed by atoms with E-state index < -0.39 is 6.04 Å². The van der Waals surface area contributed by atoms with E-state index in [1.807, 2.05) is 5.38 Å². The molecule has 0 aromatic carbocycles. The highest BCUT2D eigenvalue weighted by Gasteiger charge is 2.40. The van der Waals surface area contributed by atoms with Gasteiger partial charge in [-0.25, -0.2) is 9.78 Å². The van der Waals surface area contributed by atoms with Crippen molar-refractivity contribution in [2.45, 2.75) is 25.3 Å². The van der Waals surface area contributed by atoms with Gasteiger partial charge in [-0.3, -0.25) is 4.79 Å². The van der Waals surface area contributed by atoms with Crippen LogP contribution >= 0.6 is 11.3 Å². The Balaban J connectivity index is 2.16. The number of ether oxygens (including phenoxy) is 1. The standard InChI is InChI=1S/C10H12N2O3S/c1-2-15-10(14)8-6(5-7(13)12-8)9-11-3-4-16-9/h3-4,6,8H,2,5H2,1H3,(H,12,13). The van der Waals surface area contributed by atoms with Crippen molar-refractivity contribution in [2.75, 3.05) is 6.61 Å². The first kappa shape index (κ1) is 11.1. The maximum Gasteiger partial charge on any atom is 0.329 e. The van der Waals surface area contributed by atoms with E-state index in [0.717, 1.165) is 5.01 Å². The van der Waals surface area contributed by atoms with E-state index in [2.05, 4.69) is 10.3 Å². The van der Waals surface area contributed by atoms with E-state index in [4.69, 9.17) is 4.74 Å². The molecule has 0 saturated carbocycles. The molecular weight excluding hydrogens is 228 g/mol. The molecule has 1 N–H and O–H groups in total. The molecule has 0 radical (unpaired) electrons. The van der Waals surface area contributed by atoms with Gasteiger partial charge in [-0.2, -0.15) is 0 Å². The number of carbonyl (C=O) groups excluding carboxylic acids is 2. The number of esters is 1. The van der Waals surface area contributed by atoms with Crippen LogP contribution in [0.1, 0.15) is 24.3 Å². The Morgan fingerprint density at radius 3 is 3.19 bits per heavy atom. The van der Waals surface area contributed by atoms with Gasteiger partial charge in [0.05, 0.1) is 17.5 Å². The molecule has 16 heavy (non-hydrogen) atoms. The second kappa shape index (κ2) is 4.61. The van der Waals surface area contributed by atoms with Crippen LogP contribution in [0.15, 0.2) is 11.6 Å². The van der Waals surface area contributed by atoms with E-state index in [1.165, 1.54) is 11.3 Å². The van der Waals surface area contributed by atoms with Gasteiger partial charge in [0, 0.05) is 18.0 Å². The molecule has 1 aromatic heterocycles. The van der Waals surface area contributed by atoms with Crippen molar-refractivity contribution in [3.63, 3.8) is 0 Å². The van der Waals surface area contributed by atoms with Crippen LogP contribution < -0.4 is 5.32 Å². The van der Waals surface area contributed by atoms with Crippen LogP contribution in [0.3, 0.4) is 0 Å². The molecule has 1 amide bonds. The largest absolute Gasteiger partial charge is 0.464 e. The highest BCUT2D eigenvalue weighted by Crippen LogP contribution is 2.30. The minimum atomic E-state index is -0.585. The highest BCUT2D eigenvalue weighted by atomic mass is 32.1. The van der Waals surface area contributed by atoms with E-state index in [9.17, 15) is 9.59 Å². The fourth-order valence-electron chi connectivity index (χ4n) is 1.75. The zero-order valence-electron chi connectivity index (χ0n) is 8.80. The monoisotopic (exact) mass is 240 g/mol. The second-order valence-corrected chi connectivity index (χ2v) is 4.40. The van der Waals surface area contributed by atoms with Gasteiger partial charge in [0.1, 0.15) is 6.04 Å².